The highest BCUT2D eigenvalue weighted by Gasteiger charge is 2.13. The van der Waals surface area contributed by atoms with Gasteiger partial charge in [-0.2, -0.15) is 0 Å². The van der Waals surface area contributed by atoms with Crippen LogP contribution in [-0.4, -0.2) is 32.8 Å². The van der Waals surface area contributed by atoms with E-state index in [0.29, 0.717) is 13.2 Å². The molecule has 1 saturated heterocycles. The first-order valence-corrected chi connectivity index (χ1v) is 7.26. The van der Waals surface area contributed by atoms with E-state index in [1.54, 1.807) is 0 Å². The number of anilines is 1. The van der Waals surface area contributed by atoms with Gasteiger partial charge in [0.1, 0.15) is 13.2 Å². The molecule has 1 aromatic carbocycles. The van der Waals surface area contributed by atoms with Crippen molar-refractivity contribution in [3.05, 3.63) is 18.2 Å². The van der Waals surface area contributed by atoms with E-state index < -0.39 is 0 Å². The number of benzene rings is 1. The minimum absolute atomic E-state index is 0.644. The van der Waals surface area contributed by atoms with Crippen LogP contribution >= 0.6 is 0 Å². The predicted octanol–water partition coefficient (Wildman–Crippen LogP) is 2.26. The first kappa shape index (κ1) is 12.6. The summed E-state index contributed by atoms with van der Waals surface area (Å²) in [5.74, 6) is 2.58. The van der Waals surface area contributed by atoms with Crippen LogP contribution in [0.5, 0.6) is 11.5 Å². The number of piperidine rings is 1. The summed E-state index contributed by atoms with van der Waals surface area (Å²) in [4.78, 5) is 0. The standard InChI is InChI=1S/C15H22N2O2/c1-2-14-15(19-10-9-18-14)11-13(1)17-8-5-12-3-6-16-7-4-12/h1-2,11-12,16-17H,3-10H2. The van der Waals surface area contributed by atoms with Gasteiger partial charge in [0, 0.05) is 18.3 Å². The Bertz CT molecular complexity index is 417. The number of fused-ring (bicyclic) bond motifs is 1. The van der Waals surface area contributed by atoms with Crippen molar-refractivity contribution in [2.24, 2.45) is 5.92 Å². The highest BCUT2D eigenvalue weighted by Crippen LogP contribution is 2.32. The Morgan fingerprint density at radius 2 is 1.89 bits per heavy atom. The molecule has 4 nitrogen and oxygen atoms in total. The van der Waals surface area contributed by atoms with Gasteiger partial charge in [0.15, 0.2) is 11.5 Å². The zero-order chi connectivity index (χ0) is 12.9. The third kappa shape index (κ3) is 3.32. The lowest BCUT2D eigenvalue weighted by Gasteiger charge is -2.23. The minimum Gasteiger partial charge on any atom is -0.486 e. The molecule has 0 amide bonds. The van der Waals surface area contributed by atoms with Crippen LogP contribution < -0.4 is 20.1 Å². The van der Waals surface area contributed by atoms with E-state index >= 15 is 0 Å². The lowest BCUT2D eigenvalue weighted by molar-refractivity contribution is 0.171. The number of hydrogen-bond donors (Lipinski definition) is 2. The van der Waals surface area contributed by atoms with Crippen molar-refractivity contribution in [1.29, 1.82) is 0 Å². The van der Waals surface area contributed by atoms with Crippen molar-refractivity contribution in [1.82, 2.24) is 5.32 Å². The number of hydrogen-bond acceptors (Lipinski definition) is 4. The summed E-state index contributed by atoms with van der Waals surface area (Å²) in [6.45, 7) is 4.68. The van der Waals surface area contributed by atoms with Crippen molar-refractivity contribution in [2.75, 3.05) is 38.2 Å². The largest absolute Gasteiger partial charge is 0.486 e. The lowest BCUT2D eigenvalue weighted by atomic mass is 9.95. The first-order valence-electron chi connectivity index (χ1n) is 7.26. The molecule has 2 aliphatic heterocycles. The monoisotopic (exact) mass is 262 g/mol. The van der Waals surface area contributed by atoms with E-state index in [9.17, 15) is 0 Å². The highest BCUT2D eigenvalue weighted by atomic mass is 16.6. The molecule has 1 fully saturated rings. The Morgan fingerprint density at radius 3 is 2.74 bits per heavy atom. The molecule has 19 heavy (non-hydrogen) atoms. The van der Waals surface area contributed by atoms with Crippen molar-refractivity contribution in [3.63, 3.8) is 0 Å². The Balaban J connectivity index is 1.49. The molecule has 2 N–H and O–H groups in total. The fourth-order valence-corrected chi connectivity index (χ4v) is 2.74. The van der Waals surface area contributed by atoms with Gasteiger partial charge in [0.25, 0.3) is 0 Å². The molecule has 0 radical (unpaired) electrons. The Morgan fingerprint density at radius 1 is 1.11 bits per heavy atom. The summed E-state index contributed by atoms with van der Waals surface area (Å²) in [6, 6.07) is 6.09. The first-order chi connectivity index (χ1) is 9.42. The number of rotatable bonds is 4. The van der Waals surface area contributed by atoms with Crippen LogP contribution in [0, 0.1) is 5.92 Å². The molecule has 2 heterocycles. The van der Waals surface area contributed by atoms with Crippen molar-refractivity contribution < 1.29 is 9.47 Å². The summed E-state index contributed by atoms with van der Waals surface area (Å²) in [5, 5.41) is 6.89. The van der Waals surface area contributed by atoms with Crippen LogP contribution in [0.2, 0.25) is 0 Å². The molecule has 1 aromatic rings. The summed E-state index contributed by atoms with van der Waals surface area (Å²) < 4.78 is 11.1. The van der Waals surface area contributed by atoms with Crippen LogP contribution in [0.25, 0.3) is 0 Å². The van der Waals surface area contributed by atoms with E-state index in [4.69, 9.17) is 9.47 Å². The maximum absolute atomic E-state index is 5.59. The molecular weight excluding hydrogens is 240 g/mol. The molecule has 3 rings (SSSR count). The smallest absolute Gasteiger partial charge is 0.163 e. The zero-order valence-electron chi connectivity index (χ0n) is 11.3. The van der Waals surface area contributed by atoms with Gasteiger partial charge in [-0.05, 0) is 50.4 Å². The van der Waals surface area contributed by atoms with Crippen molar-refractivity contribution in [3.8, 4) is 11.5 Å². The molecule has 2 aliphatic rings. The maximum atomic E-state index is 5.59. The molecule has 0 aromatic heterocycles. The normalized spacial score (nSPS) is 19.2. The molecule has 0 saturated carbocycles. The van der Waals surface area contributed by atoms with Gasteiger partial charge >= 0.3 is 0 Å². The van der Waals surface area contributed by atoms with Crippen molar-refractivity contribution >= 4 is 5.69 Å². The van der Waals surface area contributed by atoms with E-state index in [1.165, 1.54) is 32.4 Å². The maximum Gasteiger partial charge on any atom is 0.163 e. The van der Waals surface area contributed by atoms with Gasteiger partial charge in [-0.1, -0.05) is 0 Å². The number of ether oxygens (including phenoxy) is 2. The van der Waals surface area contributed by atoms with Gasteiger partial charge in [-0.25, -0.2) is 0 Å². The van der Waals surface area contributed by atoms with Gasteiger partial charge in [0.2, 0.25) is 0 Å². The minimum atomic E-state index is 0.644. The average molecular weight is 262 g/mol. The highest BCUT2D eigenvalue weighted by molar-refractivity contribution is 5.55. The Hall–Kier alpha value is -1.42. The molecular formula is C15H22N2O2. The molecule has 0 atom stereocenters. The van der Waals surface area contributed by atoms with E-state index in [1.807, 2.05) is 12.1 Å². The van der Waals surface area contributed by atoms with Gasteiger partial charge in [-0.3, -0.25) is 0 Å². The Labute approximate surface area is 114 Å². The third-order valence-electron chi connectivity index (χ3n) is 3.88. The van der Waals surface area contributed by atoms with Crippen LogP contribution in [0.4, 0.5) is 5.69 Å². The topological polar surface area (TPSA) is 42.5 Å². The van der Waals surface area contributed by atoms with Crippen LogP contribution in [0.3, 0.4) is 0 Å². The average Bonchev–Trinajstić information content (AvgIpc) is 2.48. The summed E-state index contributed by atoms with van der Waals surface area (Å²) in [7, 11) is 0. The molecule has 0 unspecified atom stereocenters. The predicted molar refractivity (Wildman–Crippen MR) is 76.1 cm³/mol. The fraction of sp³-hybridized carbons (Fsp3) is 0.600. The molecule has 0 bridgehead atoms. The van der Waals surface area contributed by atoms with E-state index in [-0.39, 0.29) is 0 Å². The second kappa shape index (κ2) is 6.15. The third-order valence-corrected chi connectivity index (χ3v) is 3.88. The van der Waals surface area contributed by atoms with Crippen LogP contribution in [-0.2, 0) is 0 Å². The fourth-order valence-electron chi connectivity index (χ4n) is 2.74. The quantitative estimate of drug-likeness (QED) is 0.873. The van der Waals surface area contributed by atoms with Crippen LogP contribution in [0.15, 0.2) is 18.2 Å². The van der Waals surface area contributed by atoms with Gasteiger partial charge in [-0.15, -0.1) is 0 Å². The molecule has 0 aliphatic carbocycles. The molecule has 0 spiro atoms. The summed E-state index contributed by atoms with van der Waals surface area (Å²) >= 11 is 0. The van der Waals surface area contributed by atoms with Crippen molar-refractivity contribution in [2.45, 2.75) is 19.3 Å². The van der Waals surface area contributed by atoms with E-state index in [0.717, 1.165) is 29.6 Å². The lowest BCUT2D eigenvalue weighted by Crippen LogP contribution is -2.28. The summed E-state index contributed by atoms with van der Waals surface area (Å²) in [5.41, 5.74) is 1.12. The summed E-state index contributed by atoms with van der Waals surface area (Å²) in [6.07, 6.45) is 3.86. The SMILES string of the molecule is c1cc2c(cc1NCCC1CCNCC1)OCCO2. The Kier molecular flexibility index (Phi) is 4.08. The zero-order valence-corrected chi connectivity index (χ0v) is 11.3. The second-order valence-electron chi connectivity index (χ2n) is 5.27. The second-order valence-corrected chi connectivity index (χ2v) is 5.27. The van der Waals surface area contributed by atoms with Crippen LogP contribution in [0.1, 0.15) is 19.3 Å². The molecule has 4 heteroatoms. The van der Waals surface area contributed by atoms with E-state index in [2.05, 4.69) is 16.7 Å². The van der Waals surface area contributed by atoms with Gasteiger partial charge in [0.05, 0.1) is 0 Å². The van der Waals surface area contributed by atoms with Gasteiger partial charge < -0.3 is 20.1 Å². The molecule has 104 valence electrons. The number of nitrogens with one attached hydrogen (secondary N) is 2.